The Kier molecular flexibility index (Phi) is 3.96. The van der Waals surface area contributed by atoms with Crippen LogP contribution < -0.4 is 5.56 Å². The molecule has 0 radical (unpaired) electrons. The Bertz CT molecular complexity index is 890. The number of halogens is 2. The topological polar surface area (TPSA) is 82.2 Å². The molecule has 1 fully saturated rings. The molecule has 120 valence electrons. The minimum absolute atomic E-state index is 0.00343. The summed E-state index contributed by atoms with van der Waals surface area (Å²) in [5, 5.41) is 18.9. The summed E-state index contributed by atoms with van der Waals surface area (Å²) < 4.78 is 15.0. The molecule has 8 heteroatoms. The van der Waals surface area contributed by atoms with Gasteiger partial charge in [0.1, 0.15) is 17.5 Å². The molecular formula is C15H14ClFN4O2. The molecule has 0 unspecified atom stereocenters. The molecule has 23 heavy (non-hydrogen) atoms. The zero-order valence-electron chi connectivity index (χ0n) is 12.4. The van der Waals surface area contributed by atoms with Crippen molar-refractivity contribution in [3.8, 4) is 11.8 Å². The summed E-state index contributed by atoms with van der Waals surface area (Å²) in [4.78, 5) is 18.5. The van der Waals surface area contributed by atoms with Crippen LogP contribution in [0.2, 0.25) is 5.15 Å². The summed E-state index contributed by atoms with van der Waals surface area (Å²) in [6.07, 6.45) is 1.92. The SMILES string of the molecule is CN1CCC[C@H]1Cn1c(=O)c(C#N)c(O)c2cc(F)c(Cl)nc21. The number of nitriles is 1. The van der Waals surface area contributed by atoms with Gasteiger partial charge in [-0.3, -0.25) is 9.36 Å². The van der Waals surface area contributed by atoms with Crippen molar-refractivity contribution < 1.29 is 9.50 Å². The summed E-state index contributed by atoms with van der Waals surface area (Å²) in [7, 11) is 1.95. The number of nitrogens with zero attached hydrogens (tertiary/aromatic N) is 4. The van der Waals surface area contributed by atoms with Gasteiger partial charge in [0, 0.05) is 12.6 Å². The van der Waals surface area contributed by atoms with Crippen LogP contribution in [0.25, 0.3) is 11.0 Å². The van der Waals surface area contributed by atoms with Crippen LogP contribution in [0.3, 0.4) is 0 Å². The molecule has 0 aliphatic carbocycles. The molecule has 0 saturated carbocycles. The fourth-order valence-electron chi connectivity index (χ4n) is 3.00. The van der Waals surface area contributed by atoms with Crippen LogP contribution in [0.15, 0.2) is 10.9 Å². The van der Waals surface area contributed by atoms with Gasteiger partial charge in [-0.2, -0.15) is 5.26 Å². The second-order valence-corrected chi connectivity index (χ2v) is 6.02. The molecule has 3 heterocycles. The van der Waals surface area contributed by atoms with Crippen molar-refractivity contribution in [1.29, 1.82) is 5.26 Å². The predicted octanol–water partition coefficient (Wildman–Crippen LogP) is 1.86. The molecule has 6 nitrogen and oxygen atoms in total. The monoisotopic (exact) mass is 336 g/mol. The highest BCUT2D eigenvalue weighted by atomic mass is 35.5. The number of aromatic nitrogens is 2. The minimum Gasteiger partial charge on any atom is -0.506 e. The number of aromatic hydroxyl groups is 1. The molecule has 1 N–H and O–H groups in total. The van der Waals surface area contributed by atoms with Crippen LogP contribution in [0.5, 0.6) is 5.75 Å². The Morgan fingerprint density at radius 1 is 1.61 bits per heavy atom. The summed E-state index contributed by atoms with van der Waals surface area (Å²) in [6, 6.07) is 2.79. The van der Waals surface area contributed by atoms with Crippen molar-refractivity contribution >= 4 is 22.6 Å². The molecule has 0 amide bonds. The Morgan fingerprint density at radius 3 is 2.96 bits per heavy atom. The van der Waals surface area contributed by atoms with Crippen molar-refractivity contribution in [3.05, 3.63) is 33.0 Å². The largest absolute Gasteiger partial charge is 0.506 e. The van der Waals surface area contributed by atoms with Crippen molar-refractivity contribution in [2.24, 2.45) is 0 Å². The smallest absolute Gasteiger partial charge is 0.274 e. The van der Waals surface area contributed by atoms with E-state index in [1.54, 1.807) is 6.07 Å². The molecule has 1 saturated heterocycles. The maximum atomic E-state index is 13.7. The van der Waals surface area contributed by atoms with E-state index in [0.29, 0.717) is 6.54 Å². The van der Waals surface area contributed by atoms with E-state index in [2.05, 4.69) is 9.88 Å². The van der Waals surface area contributed by atoms with Gasteiger partial charge in [0.2, 0.25) is 0 Å². The zero-order valence-corrected chi connectivity index (χ0v) is 13.1. The third-order valence-electron chi connectivity index (χ3n) is 4.30. The third kappa shape index (κ3) is 2.54. The van der Waals surface area contributed by atoms with Crippen LogP contribution >= 0.6 is 11.6 Å². The summed E-state index contributed by atoms with van der Waals surface area (Å²) in [6.45, 7) is 1.22. The Morgan fingerprint density at radius 2 is 2.35 bits per heavy atom. The number of likely N-dealkylation sites (N-methyl/N-ethyl adjacent to an activating group) is 1. The molecule has 0 aromatic carbocycles. The predicted molar refractivity (Wildman–Crippen MR) is 83.0 cm³/mol. The van der Waals surface area contributed by atoms with E-state index in [0.717, 1.165) is 25.5 Å². The van der Waals surface area contributed by atoms with Crippen LogP contribution in [0.1, 0.15) is 18.4 Å². The molecule has 1 aliphatic heterocycles. The number of hydrogen-bond donors (Lipinski definition) is 1. The zero-order chi connectivity index (χ0) is 16.7. The lowest BCUT2D eigenvalue weighted by molar-refractivity contribution is 0.282. The number of fused-ring (bicyclic) bond motifs is 1. The fraction of sp³-hybridized carbons (Fsp3) is 0.400. The van der Waals surface area contributed by atoms with E-state index >= 15 is 0 Å². The number of rotatable bonds is 2. The standard InChI is InChI=1S/C15H14ClFN4O2/c1-20-4-2-3-8(20)7-21-14-9(5-11(17)13(16)19-14)12(22)10(6-18)15(21)23/h5,8,22H,2-4,7H2,1H3/t8-/m0/s1. The molecule has 2 aromatic rings. The number of likely N-dealkylation sites (tertiary alicyclic amines) is 1. The van der Waals surface area contributed by atoms with Gasteiger partial charge < -0.3 is 10.0 Å². The third-order valence-corrected chi connectivity index (χ3v) is 4.56. The normalized spacial score (nSPS) is 18.4. The van der Waals surface area contributed by atoms with Crippen LogP contribution in [0, 0.1) is 17.1 Å². The first-order valence-electron chi connectivity index (χ1n) is 7.16. The molecule has 1 atom stereocenters. The highest BCUT2D eigenvalue weighted by molar-refractivity contribution is 6.30. The van der Waals surface area contributed by atoms with E-state index in [1.165, 1.54) is 4.57 Å². The number of hydrogen-bond acceptors (Lipinski definition) is 5. The van der Waals surface area contributed by atoms with E-state index in [9.17, 15) is 14.3 Å². The lowest BCUT2D eigenvalue weighted by Gasteiger charge is -2.21. The van der Waals surface area contributed by atoms with Crippen molar-refractivity contribution in [2.45, 2.75) is 25.4 Å². The number of pyridine rings is 2. The van der Waals surface area contributed by atoms with Crippen LogP contribution in [-0.4, -0.2) is 39.2 Å². The van der Waals surface area contributed by atoms with Gasteiger partial charge in [0.05, 0.1) is 5.39 Å². The van der Waals surface area contributed by atoms with Crippen molar-refractivity contribution in [1.82, 2.24) is 14.5 Å². The highest BCUT2D eigenvalue weighted by Gasteiger charge is 2.25. The summed E-state index contributed by atoms with van der Waals surface area (Å²) >= 11 is 5.72. The van der Waals surface area contributed by atoms with E-state index < -0.39 is 22.7 Å². The molecular weight excluding hydrogens is 323 g/mol. The van der Waals surface area contributed by atoms with Crippen molar-refractivity contribution in [2.75, 3.05) is 13.6 Å². The molecule has 2 aromatic heterocycles. The van der Waals surface area contributed by atoms with Gasteiger partial charge in [-0.1, -0.05) is 11.6 Å². The van der Waals surface area contributed by atoms with Gasteiger partial charge in [0.15, 0.2) is 16.5 Å². The maximum Gasteiger partial charge on any atom is 0.274 e. The Balaban J connectivity index is 2.28. The quantitative estimate of drug-likeness (QED) is 0.846. The van der Waals surface area contributed by atoms with E-state index in [4.69, 9.17) is 16.9 Å². The average molecular weight is 337 g/mol. The van der Waals surface area contributed by atoms with Crippen LogP contribution in [-0.2, 0) is 6.54 Å². The van der Waals surface area contributed by atoms with E-state index in [-0.39, 0.29) is 22.2 Å². The molecule has 3 rings (SSSR count). The van der Waals surface area contributed by atoms with Gasteiger partial charge >= 0.3 is 0 Å². The first-order chi connectivity index (χ1) is 10.9. The first-order valence-corrected chi connectivity index (χ1v) is 7.53. The van der Waals surface area contributed by atoms with Gasteiger partial charge in [-0.25, -0.2) is 9.37 Å². The Labute approximate surface area is 136 Å². The molecule has 0 bridgehead atoms. The van der Waals surface area contributed by atoms with Crippen LogP contribution in [0.4, 0.5) is 4.39 Å². The van der Waals surface area contributed by atoms with Gasteiger partial charge in [-0.05, 0) is 32.5 Å². The van der Waals surface area contributed by atoms with Gasteiger partial charge in [0.25, 0.3) is 5.56 Å². The highest BCUT2D eigenvalue weighted by Crippen LogP contribution is 2.28. The molecule has 0 spiro atoms. The molecule has 1 aliphatic rings. The maximum absolute atomic E-state index is 13.7. The van der Waals surface area contributed by atoms with Gasteiger partial charge in [-0.15, -0.1) is 0 Å². The average Bonchev–Trinajstić information content (AvgIpc) is 2.91. The second kappa shape index (κ2) is 5.80. The Hall–Kier alpha value is -2.17. The first kappa shape index (κ1) is 15.7. The fourth-order valence-corrected chi connectivity index (χ4v) is 3.13. The summed E-state index contributed by atoms with van der Waals surface area (Å²) in [5.74, 6) is -1.38. The lowest BCUT2D eigenvalue weighted by atomic mass is 10.1. The van der Waals surface area contributed by atoms with Crippen molar-refractivity contribution in [3.63, 3.8) is 0 Å². The lowest BCUT2D eigenvalue weighted by Crippen LogP contribution is -2.35. The second-order valence-electron chi connectivity index (χ2n) is 5.66. The minimum atomic E-state index is -0.818. The summed E-state index contributed by atoms with van der Waals surface area (Å²) in [5.41, 5.74) is -0.979. The van der Waals surface area contributed by atoms with E-state index in [1.807, 2.05) is 7.05 Å².